The van der Waals surface area contributed by atoms with E-state index in [-0.39, 0.29) is 23.9 Å². The van der Waals surface area contributed by atoms with E-state index in [1.54, 1.807) is 24.5 Å². The average Bonchev–Trinajstić information content (AvgIpc) is 3.12. The molecule has 27 heavy (non-hydrogen) atoms. The fourth-order valence-electron chi connectivity index (χ4n) is 4.65. The van der Waals surface area contributed by atoms with Gasteiger partial charge in [-0.3, -0.25) is 14.6 Å². The van der Waals surface area contributed by atoms with Crippen LogP contribution in [0.4, 0.5) is 0 Å². The summed E-state index contributed by atoms with van der Waals surface area (Å²) < 4.78 is 0. The van der Waals surface area contributed by atoms with Gasteiger partial charge in [0.25, 0.3) is 5.91 Å². The minimum atomic E-state index is -0.0698. The van der Waals surface area contributed by atoms with Gasteiger partial charge in [-0.1, -0.05) is 0 Å². The predicted octanol–water partition coefficient (Wildman–Crippen LogP) is 0.534. The van der Waals surface area contributed by atoms with E-state index in [1.165, 1.54) is 0 Å². The van der Waals surface area contributed by atoms with Gasteiger partial charge in [0, 0.05) is 43.6 Å². The van der Waals surface area contributed by atoms with Crippen molar-refractivity contribution < 1.29 is 9.59 Å². The van der Waals surface area contributed by atoms with Crippen molar-refractivity contribution in [2.45, 2.75) is 44.2 Å². The smallest absolute Gasteiger partial charge is 0.253 e. The first-order valence-electron chi connectivity index (χ1n) is 10.1. The van der Waals surface area contributed by atoms with Crippen molar-refractivity contribution in [2.75, 3.05) is 32.7 Å². The van der Waals surface area contributed by atoms with E-state index in [2.05, 4.69) is 20.9 Å². The van der Waals surface area contributed by atoms with Crippen molar-refractivity contribution in [3.05, 3.63) is 30.1 Å². The van der Waals surface area contributed by atoms with Crippen LogP contribution < -0.4 is 16.0 Å². The fraction of sp³-hybridized carbons (Fsp3) is 0.650. The van der Waals surface area contributed by atoms with Gasteiger partial charge in [0.15, 0.2) is 0 Å². The third kappa shape index (κ3) is 4.14. The Hall–Kier alpha value is -1.99. The number of rotatable bonds is 3. The lowest BCUT2D eigenvalue weighted by molar-refractivity contribution is -0.124. The van der Waals surface area contributed by atoms with Gasteiger partial charge in [0.1, 0.15) is 0 Å². The highest BCUT2D eigenvalue weighted by atomic mass is 16.2. The number of hydrogen-bond donors (Lipinski definition) is 3. The Bertz CT molecular complexity index is 666. The van der Waals surface area contributed by atoms with Gasteiger partial charge in [-0.25, -0.2) is 0 Å². The number of piperidine rings is 2. The Labute approximate surface area is 160 Å². The summed E-state index contributed by atoms with van der Waals surface area (Å²) in [6.07, 6.45) is 8.15. The number of amides is 2. The van der Waals surface area contributed by atoms with Crippen molar-refractivity contribution in [2.24, 2.45) is 5.41 Å². The summed E-state index contributed by atoms with van der Waals surface area (Å²) >= 11 is 0. The lowest BCUT2D eigenvalue weighted by Crippen LogP contribution is -2.50. The Morgan fingerprint density at radius 2 is 1.85 bits per heavy atom. The largest absolute Gasteiger partial charge is 0.352 e. The van der Waals surface area contributed by atoms with Crippen LogP contribution in [0.1, 0.15) is 42.5 Å². The van der Waals surface area contributed by atoms with Gasteiger partial charge in [-0.05, 0) is 62.7 Å². The van der Waals surface area contributed by atoms with E-state index in [1.807, 2.05) is 4.90 Å². The number of pyridine rings is 1. The highest BCUT2D eigenvalue weighted by molar-refractivity contribution is 5.94. The first kappa shape index (κ1) is 18.4. The molecule has 4 heterocycles. The molecule has 2 amide bonds. The van der Waals surface area contributed by atoms with E-state index >= 15 is 0 Å². The molecule has 0 aliphatic carbocycles. The number of aromatic nitrogens is 1. The van der Waals surface area contributed by atoms with Crippen molar-refractivity contribution in [1.29, 1.82) is 0 Å². The van der Waals surface area contributed by atoms with Gasteiger partial charge in [0.2, 0.25) is 5.91 Å². The first-order valence-corrected chi connectivity index (χ1v) is 10.1. The van der Waals surface area contributed by atoms with E-state index in [0.29, 0.717) is 24.1 Å². The molecule has 1 spiro atoms. The van der Waals surface area contributed by atoms with E-state index in [0.717, 1.165) is 51.7 Å². The lowest BCUT2D eigenvalue weighted by Gasteiger charge is -2.34. The minimum Gasteiger partial charge on any atom is -0.352 e. The molecule has 7 heteroatoms. The van der Waals surface area contributed by atoms with Gasteiger partial charge < -0.3 is 20.9 Å². The van der Waals surface area contributed by atoms with Gasteiger partial charge in [-0.2, -0.15) is 0 Å². The molecule has 3 fully saturated rings. The number of nitrogens with one attached hydrogen (secondary N) is 3. The highest BCUT2D eigenvalue weighted by Gasteiger charge is 2.42. The molecule has 3 saturated heterocycles. The van der Waals surface area contributed by atoms with Crippen molar-refractivity contribution in [3.8, 4) is 0 Å². The summed E-state index contributed by atoms with van der Waals surface area (Å²) in [5, 5.41) is 10.1. The molecule has 0 bridgehead atoms. The molecular weight excluding hydrogens is 342 g/mol. The van der Waals surface area contributed by atoms with Crippen LogP contribution in [0.25, 0.3) is 0 Å². The summed E-state index contributed by atoms with van der Waals surface area (Å²) in [5.74, 6) is 0.178. The zero-order valence-electron chi connectivity index (χ0n) is 15.7. The Morgan fingerprint density at radius 1 is 1.15 bits per heavy atom. The van der Waals surface area contributed by atoms with Gasteiger partial charge in [-0.15, -0.1) is 0 Å². The van der Waals surface area contributed by atoms with Crippen LogP contribution in [0.15, 0.2) is 24.5 Å². The van der Waals surface area contributed by atoms with Gasteiger partial charge in [0.05, 0.1) is 6.04 Å². The SMILES string of the molecule is O=C(NC1CCN(C(=O)c2ccncc2)CC1)[C@@H]1CC2(CCNCC2)CN1. The minimum absolute atomic E-state index is 0.0486. The quantitative estimate of drug-likeness (QED) is 0.722. The topological polar surface area (TPSA) is 86.4 Å². The Balaban J connectivity index is 1.25. The van der Waals surface area contributed by atoms with Crippen molar-refractivity contribution >= 4 is 11.8 Å². The fourth-order valence-corrected chi connectivity index (χ4v) is 4.65. The van der Waals surface area contributed by atoms with Crippen LogP contribution in [-0.2, 0) is 4.79 Å². The van der Waals surface area contributed by atoms with Crippen LogP contribution >= 0.6 is 0 Å². The van der Waals surface area contributed by atoms with Crippen LogP contribution in [0.2, 0.25) is 0 Å². The average molecular weight is 371 g/mol. The second-order valence-corrected chi connectivity index (χ2v) is 8.20. The van der Waals surface area contributed by atoms with E-state index < -0.39 is 0 Å². The number of likely N-dealkylation sites (tertiary alicyclic amines) is 1. The number of carbonyl (C=O) groups is 2. The molecule has 1 atom stereocenters. The standard InChI is InChI=1S/C20H29N5O2/c26-18(17-13-20(14-23-17)5-9-22-10-6-20)24-16-3-11-25(12-4-16)19(27)15-1-7-21-8-2-15/h1-2,7-8,16-17,22-23H,3-6,9-14H2,(H,24,26)/t17-/m0/s1. The van der Waals surface area contributed by atoms with Crippen LogP contribution in [0.5, 0.6) is 0 Å². The molecule has 3 aliphatic heterocycles. The van der Waals surface area contributed by atoms with E-state index in [9.17, 15) is 9.59 Å². The molecule has 3 aliphatic rings. The molecule has 146 valence electrons. The number of carbonyl (C=O) groups excluding carboxylic acids is 2. The second-order valence-electron chi connectivity index (χ2n) is 8.20. The zero-order chi connectivity index (χ0) is 18.7. The first-order chi connectivity index (χ1) is 13.2. The predicted molar refractivity (Wildman–Crippen MR) is 102 cm³/mol. The monoisotopic (exact) mass is 371 g/mol. The second kappa shape index (κ2) is 7.94. The maximum absolute atomic E-state index is 12.7. The summed E-state index contributed by atoms with van der Waals surface area (Å²) in [5.41, 5.74) is 0.975. The zero-order valence-corrected chi connectivity index (χ0v) is 15.7. The summed E-state index contributed by atoms with van der Waals surface area (Å²) in [6, 6.07) is 3.59. The molecule has 3 N–H and O–H groups in total. The maximum atomic E-state index is 12.7. The Kier molecular flexibility index (Phi) is 5.41. The third-order valence-electron chi connectivity index (χ3n) is 6.40. The molecule has 1 aromatic rings. The normalized spacial score (nSPS) is 25.5. The number of hydrogen-bond acceptors (Lipinski definition) is 5. The van der Waals surface area contributed by atoms with Crippen LogP contribution in [0.3, 0.4) is 0 Å². The molecule has 7 nitrogen and oxygen atoms in total. The lowest BCUT2D eigenvalue weighted by atomic mass is 9.77. The molecule has 0 unspecified atom stereocenters. The summed E-state index contributed by atoms with van der Waals surface area (Å²) in [7, 11) is 0. The molecule has 0 saturated carbocycles. The molecular formula is C20H29N5O2. The van der Waals surface area contributed by atoms with Crippen molar-refractivity contribution in [1.82, 2.24) is 25.8 Å². The van der Waals surface area contributed by atoms with E-state index in [4.69, 9.17) is 0 Å². The summed E-state index contributed by atoms with van der Waals surface area (Å²) in [6.45, 7) is 4.42. The molecule has 0 radical (unpaired) electrons. The molecule has 1 aromatic heterocycles. The number of nitrogens with zero attached hydrogens (tertiary/aromatic N) is 2. The van der Waals surface area contributed by atoms with Crippen molar-refractivity contribution in [3.63, 3.8) is 0 Å². The van der Waals surface area contributed by atoms with Gasteiger partial charge >= 0.3 is 0 Å². The molecule has 4 rings (SSSR count). The Morgan fingerprint density at radius 3 is 2.56 bits per heavy atom. The maximum Gasteiger partial charge on any atom is 0.253 e. The molecule has 0 aromatic carbocycles. The highest BCUT2D eigenvalue weighted by Crippen LogP contribution is 2.37. The summed E-state index contributed by atoms with van der Waals surface area (Å²) in [4.78, 5) is 31.0. The third-order valence-corrected chi connectivity index (χ3v) is 6.40. The van der Waals surface area contributed by atoms with Crippen LogP contribution in [0, 0.1) is 5.41 Å². The van der Waals surface area contributed by atoms with Crippen LogP contribution in [-0.4, -0.2) is 66.5 Å².